The zero-order valence-corrected chi connectivity index (χ0v) is 10.7. The maximum absolute atomic E-state index is 11.1. The second kappa shape index (κ2) is 6.37. The summed E-state index contributed by atoms with van der Waals surface area (Å²) in [6.07, 6.45) is 0.328. The van der Waals surface area contributed by atoms with Gasteiger partial charge in [0.2, 0.25) is 0 Å². The van der Waals surface area contributed by atoms with E-state index in [2.05, 4.69) is 21.2 Å². The first-order valence-electron chi connectivity index (χ1n) is 5.08. The Kier molecular flexibility index (Phi) is 5.11. The van der Waals surface area contributed by atoms with Crippen LogP contribution in [0.3, 0.4) is 0 Å². The molecule has 0 saturated heterocycles. The van der Waals surface area contributed by atoms with Crippen LogP contribution in [0.4, 0.5) is 11.4 Å². The molecular formula is C11H15BrN2O2. The Morgan fingerprint density at radius 1 is 1.56 bits per heavy atom. The summed E-state index contributed by atoms with van der Waals surface area (Å²) in [5.41, 5.74) is 7.25. The van der Waals surface area contributed by atoms with E-state index >= 15 is 0 Å². The van der Waals surface area contributed by atoms with E-state index in [1.165, 1.54) is 0 Å². The molecule has 0 atom stereocenters. The number of anilines is 2. The molecule has 0 radical (unpaired) electrons. The summed E-state index contributed by atoms with van der Waals surface area (Å²) in [6, 6.07) is 5.55. The summed E-state index contributed by atoms with van der Waals surface area (Å²) in [5.74, 6) is -0.208. The van der Waals surface area contributed by atoms with Gasteiger partial charge in [-0.05, 0) is 35.0 Å². The van der Waals surface area contributed by atoms with E-state index in [9.17, 15) is 4.79 Å². The van der Waals surface area contributed by atoms with E-state index in [0.717, 1.165) is 10.2 Å². The number of esters is 1. The van der Waals surface area contributed by atoms with E-state index in [0.29, 0.717) is 25.3 Å². The van der Waals surface area contributed by atoms with Crippen LogP contribution < -0.4 is 11.1 Å². The van der Waals surface area contributed by atoms with Crippen molar-refractivity contribution in [2.24, 2.45) is 0 Å². The molecule has 3 N–H and O–H groups in total. The summed E-state index contributed by atoms with van der Waals surface area (Å²) in [4.78, 5) is 11.1. The Morgan fingerprint density at radius 2 is 2.31 bits per heavy atom. The lowest BCUT2D eigenvalue weighted by Crippen LogP contribution is -2.12. The number of halogens is 1. The Morgan fingerprint density at radius 3 is 2.94 bits per heavy atom. The lowest BCUT2D eigenvalue weighted by Gasteiger charge is -2.10. The highest BCUT2D eigenvalue weighted by molar-refractivity contribution is 9.10. The molecule has 4 nitrogen and oxygen atoms in total. The molecule has 0 aliphatic heterocycles. The van der Waals surface area contributed by atoms with Crippen LogP contribution in [0.25, 0.3) is 0 Å². The van der Waals surface area contributed by atoms with Crippen LogP contribution in [-0.4, -0.2) is 19.1 Å². The Hall–Kier alpha value is -1.23. The van der Waals surface area contributed by atoms with Gasteiger partial charge in [-0.1, -0.05) is 6.07 Å². The lowest BCUT2D eigenvalue weighted by molar-refractivity contribution is -0.142. The van der Waals surface area contributed by atoms with Crippen LogP contribution in [0.2, 0.25) is 0 Å². The molecule has 1 aromatic carbocycles. The monoisotopic (exact) mass is 286 g/mol. The Labute approximate surface area is 103 Å². The topological polar surface area (TPSA) is 64.3 Å². The zero-order valence-electron chi connectivity index (χ0n) is 9.13. The van der Waals surface area contributed by atoms with Crippen LogP contribution in [0.5, 0.6) is 0 Å². The molecule has 0 aliphatic rings. The van der Waals surface area contributed by atoms with E-state index in [4.69, 9.17) is 10.5 Å². The van der Waals surface area contributed by atoms with Gasteiger partial charge in [0.1, 0.15) is 0 Å². The summed E-state index contributed by atoms with van der Waals surface area (Å²) < 4.78 is 5.70. The van der Waals surface area contributed by atoms with Gasteiger partial charge in [-0.3, -0.25) is 4.79 Å². The highest BCUT2D eigenvalue weighted by atomic mass is 79.9. The first-order valence-corrected chi connectivity index (χ1v) is 5.88. The summed E-state index contributed by atoms with van der Waals surface area (Å²) in [7, 11) is 0. The highest BCUT2D eigenvalue weighted by Gasteiger charge is 2.05. The lowest BCUT2D eigenvalue weighted by atomic mass is 10.2. The van der Waals surface area contributed by atoms with E-state index < -0.39 is 0 Å². The number of hydrogen-bond acceptors (Lipinski definition) is 4. The number of para-hydroxylation sites is 1. The second-order valence-corrected chi connectivity index (χ2v) is 4.04. The maximum Gasteiger partial charge on any atom is 0.307 e. The molecule has 0 amide bonds. The fourth-order valence-electron chi connectivity index (χ4n) is 1.25. The average Bonchev–Trinajstić information content (AvgIpc) is 2.23. The number of nitrogens with two attached hydrogens (primary N) is 1. The summed E-state index contributed by atoms with van der Waals surface area (Å²) in [5, 5.41) is 3.10. The van der Waals surface area contributed by atoms with Crippen molar-refractivity contribution in [3.05, 3.63) is 22.7 Å². The van der Waals surface area contributed by atoms with Crippen molar-refractivity contribution in [1.29, 1.82) is 0 Å². The fourth-order valence-corrected chi connectivity index (χ4v) is 1.77. The first kappa shape index (κ1) is 12.8. The van der Waals surface area contributed by atoms with Gasteiger partial charge in [0.05, 0.1) is 24.4 Å². The normalized spacial score (nSPS) is 9.88. The van der Waals surface area contributed by atoms with Gasteiger partial charge in [-0.15, -0.1) is 0 Å². The molecule has 0 bridgehead atoms. The highest BCUT2D eigenvalue weighted by Crippen LogP contribution is 2.27. The van der Waals surface area contributed by atoms with Gasteiger partial charge in [0.15, 0.2) is 0 Å². The smallest absolute Gasteiger partial charge is 0.307 e. The average molecular weight is 287 g/mol. The molecule has 0 saturated carbocycles. The number of nitrogens with one attached hydrogen (secondary N) is 1. The van der Waals surface area contributed by atoms with Gasteiger partial charge >= 0.3 is 5.97 Å². The third-order valence-corrected chi connectivity index (χ3v) is 2.64. The standard InChI is InChI=1S/C11H15BrN2O2/c1-2-16-10(15)6-7-14-11-8(12)4-3-5-9(11)13/h3-5,14H,2,6-7,13H2,1H3. The molecule has 0 unspecified atom stereocenters. The van der Waals surface area contributed by atoms with Gasteiger partial charge in [-0.25, -0.2) is 0 Å². The number of hydrogen-bond donors (Lipinski definition) is 2. The first-order chi connectivity index (χ1) is 7.65. The molecule has 0 fully saturated rings. The van der Waals surface area contributed by atoms with Crippen molar-refractivity contribution in [2.75, 3.05) is 24.2 Å². The number of rotatable bonds is 5. The van der Waals surface area contributed by atoms with Crippen molar-refractivity contribution >= 4 is 33.3 Å². The quantitative estimate of drug-likeness (QED) is 0.644. The molecular weight excluding hydrogens is 272 g/mol. The molecule has 0 aliphatic carbocycles. The van der Waals surface area contributed by atoms with Crippen molar-refractivity contribution in [3.8, 4) is 0 Å². The van der Waals surface area contributed by atoms with Gasteiger partial charge in [-0.2, -0.15) is 0 Å². The van der Waals surface area contributed by atoms with Crippen molar-refractivity contribution in [2.45, 2.75) is 13.3 Å². The maximum atomic E-state index is 11.1. The molecule has 0 aromatic heterocycles. The molecule has 0 heterocycles. The number of carbonyl (C=O) groups excluding carboxylic acids is 1. The van der Waals surface area contributed by atoms with Crippen LogP contribution in [0.1, 0.15) is 13.3 Å². The SMILES string of the molecule is CCOC(=O)CCNc1c(N)cccc1Br. The largest absolute Gasteiger partial charge is 0.466 e. The van der Waals surface area contributed by atoms with Crippen molar-refractivity contribution in [1.82, 2.24) is 0 Å². The Balaban J connectivity index is 2.46. The third-order valence-electron chi connectivity index (χ3n) is 1.98. The number of benzene rings is 1. The molecule has 16 heavy (non-hydrogen) atoms. The van der Waals surface area contributed by atoms with Crippen molar-refractivity contribution < 1.29 is 9.53 Å². The number of carbonyl (C=O) groups is 1. The Bertz CT molecular complexity index is 349. The predicted molar refractivity (Wildman–Crippen MR) is 68.3 cm³/mol. The molecule has 1 rings (SSSR count). The number of ether oxygens (including phenoxy) is 1. The van der Waals surface area contributed by atoms with E-state index in [-0.39, 0.29) is 5.97 Å². The molecule has 88 valence electrons. The third kappa shape index (κ3) is 3.73. The van der Waals surface area contributed by atoms with Crippen LogP contribution in [-0.2, 0) is 9.53 Å². The van der Waals surface area contributed by atoms with Crippen LogP contribution in [0, 0.1) is 0 Å². The van der Waals surface area contributed by atoms with Crippen molar-refractivity contribution in [3.63, 3.8) is 0 Å². The minimum atomic E-state index is -0.208. The molecule has 5 heteroatoms. The molecule has 1 aromatic rings. The van der Waals surface area contributed by atoms with Crippen LogP contribution >= 0.6 is 15.9 Å². The number of nitrogen functional groups attached to an aromatic ring is 1. The van der Waals surface area contributed by atoms with Gasteiger partial charge < -0.3 is 15.8 Å². The zero-order chi connectivity index (χ0) is 12.0. The minimum absolute atomic E-state index is 0.208. The molecule has 0 spiro atoms. The van der Waals surface area contributed by atoms with Crippen LogP contribution in [0.15, 0.2) is 22.7 Å². The summed E-state index contributed by atoms with van der Waals surface area (Å²) >= 11 is 3.39. The van der Waals surface area contributed by atoms with E-state index in [1.807, 2.05) is 12.1 Å². The second-order valence-electron chi connectivity index (χ2n) is 3.19. The van der Waals surface area contributed by atoms with E-state index in [1.54, 1.807) is 13.0 Å². The fraction of sp³-hybridized carbons (Fsp3) is 0.364. The van der Waals surface area contributed by atoms with Gasteiger partial charge in [0.25, 0.3) is 0 Å². The summed E-state index contributed by atoms with van der Waals surface area (Å²) in [6.45, 7) is 2.71. The van der Waals surface area contributed by atoms with Gasteiger partial charge in [0, 0.05) is 11.0 Å². The minimum Gasteiger partial charge on any atom is -0.466 e. The predicted octanol–water partition coefficient (Wildman–Crippen LogP) is 2.40.